The summed E-state index contributed by atoms with van der Waals surface area (Å²) in [6.45, 7) is 1.94. The number of nitrogens with zero attached hydrogens (tertiary/aromatic N) is 2. The van der Waals surface area contributed by atoms with Crippen molar-refractivity contribution in [3.8, 4) is 5.75 Å². The van der Waals surface area contributed by atoms with E-state index >= 15 is 0 Å². The fourth-order valence-electron chi connectivity index (χ4n) is 2.57. The third-order valence-corrected chi connectivity index (χ3v) is 3.99. The van der Waals surface area contributed by atoms with Crippen LogP contribution in [0.15, 0.2) is 47.6 Å². The van der Waals surface area contributed by atoms with Gasteiger partial charge in [0.25, 0.3) is 5.91 Å². The molecule has 0 bridgehead atoms. The van der Waals surface area contributed by atoms with Crippen molar-refractivity contribution in [2.24, 2.45) is 5.10 Å². The van der Waals surface area contributed by atoms with Gasteiger partial charge in [-0.3, -0.25) is 4.79 Å². The lowest BCUT2D eigenvalue weighted by Crippen LogP contribution is -2.32. The molecule has 0 radical (unpaired) electrons. The molecule has 0 atom stereocenters. The third kappa shape index (κ3) is 4.29. The highest BCUT2D eigenvalue weighted by atomic mass is 16.5. The Morgan fingerprint density at radius 3 is 2.70 bits per heavy atom. The molecule has 120 valence electrons. The van der Waals surface area contributed by atoms with Gasteiger partial charge in [-0.1, -0.05) is 30.3 Å². The zero-order chi connectivity index (χ0) is 16.1. The van der Waals surface area contributed by atoms with E-state index in [4.69, 9.17) is 4.74 Å². The fourth-order valence-corrected chi connectivity index (χ4v) is 2.57. The summed E-state index contributed by atoms with van der Waals surface area (Å²) in [6, 6.07) is 13.8. The lowest BCUT2D eigenvalue weighted by atomic mass is 10.1. The average Bonchev–Trinajstić information content (AvgIpc) is 2.59. The van der Waals surface area contributed by atoms with E-state index in [0.29, 0.717) is 5.75 Å². The highest BCUT2D eigenvalue weighted by molar-refractivity contribution is 5.87. The molecular formula is C18H21N3O2. The summed E-state index contributed by atoms with van der Waals surface area (Å²) in [5.41, 5.74) is 3.62. The molecule has 1 heterocycles. The highest BCUT2D eigenvalue weighted by Crippen LogP contribution is 2.20. The van der Waals surface area contributed by atoms with Crippen LogP contribution in [0.2, 0.25) is 0 Å². The molecule has 0 spiro atoms. The van der Waals surface area contributed by atoms with Crippen molar-refractivity contribution in [1.82, 2.24) is 10.3 Å². The predicted molar refractivity (Wildman–Crippen MR) is 91.8 cm³/mol. The van der Waals surface area contributed by atoms with Gasteiger partial charge in [-0.2, -0.15) is 5.10 Å². The van der Waals surface area contributed by atoms with Crippen molar-refractivity contribution >= 4 is 22.4 Å². The first-order chi connectivity index (χ1) is 11.2. The smallest absolute Gasteiger partial charge is 0.277 e. The number of hydrazone groups is 1. The van der Waals surface area contributed by atoms with Gasteiger partial charge in [0.2, 0.25) is 0 Å². The molecule has 0 unspecified atom stereocenters. The Morgan fingerprint density at radius 1 is 1.17 bits per heavy atom. The lowest BCUT2D eigenvalue weighted by molar-refractivity contribution is -0.123. The summed E-state index contributed by atoms with van der Waals surface area (Å²) < 4.78 is 5.54. The molecular weight excluding hydrogens is 290 g/mol. The van der Waals surface area contributed by atoms with Crippen LogP contribution in [0.1, 0.15) is 12.8 Å². The van der Waals surface area contributed by atoms with Gasteiger partial charge in [0.15, 0.2) is 6.61 Å². The van der Waals surface area contributed by atoms with Gasteiger partial charge in [0, 0.05) is 31.6 Å². The molecule has 1 aliphatic rings. The van der Waals surface area contributed by atoms with Gasteiger partial charge >= 0.3 is 0 Å². The fraction of sp³-hybridized carbons (Fsp3) is 0.333. The Kier molecular flexibility index (Phi) is 4.88. The summed E-state index contributed by atoms with van der Waals surface area (Å²) in [6.07, 6.45) is 1.81. The SMILES string of the molecule is CN1CCC(=NNC(=O)COc2ccc3ccccc3c2)CC1. The summed E-state index contributed by atoms with van der Waals surface area (Å²) in [5.74, 6) is 0.454. The van der Waals surface area contributed by atoms with E-state index in [0.717, 1.165) is 42.4 Å². The molecule has 0 saturated carbocycles. The maximum Gasteiger partial charge on any atom is 0.277 e. The molecule has 5 nitrogen and oxygen atoms in total. The second-order valence-electron chi connectivity index (χ2n) is 5.81. The number of fused-ring (bicyclic) bond motifs is 1. The molecule has 23 heavy (non-hydrogen) atoms. The van der Waals surface area contributed by atoms with Crippen LogP contribution in [0, 0.1) is 0 Å². The van der Waals surface area contributed by atoms with Gasteiger partial charge in [0.05, 0.1) is 0 Å². The van der Waals surface area contributed by atoms with Gasteiger partial charge < -0.3 is 9.64 Å². The van der Waals surface area contributed by atoms with Crippen molar-refractivity contribution in [3.63, 3.8) is 0 Å². The molecule has 1 amide bonds. The predicted octanol–water partition coefficient (Wildman–Crippen LogP) is 2.42. The van der Waals surface area contributed by atoms with E-state index < -0.39 is 0 Å². The van der Waals surface area contributed by atoms with E-state index in [1.54, 1.807) is 0 Å². The first kappa shape index (κ1) is 15.5. The molecule has 1 fully saturated rings. The van der Waals surface area contributed by atoms with E-state index in [1.807, 2.05) is 42.5 Å². The van der Waals surface area contributed by atoms with Crippen LogP contribution in [0.5, 0.6) is 5.75 Å². The van der Waals surface area contributed by atoms with Crippen LogP contribution in [-0.4, -0.2) is 43.3 Å². The van der Waals surface area contributed by atoms with E-state index in [2.05, 4.69) is 22.5 Å². The highest BCUT2D eigenvalue weighted by Gasteiger charge is 2.11. The monoisotopic (exact) mass is 311 g/mol. The minimum Gasteiger partial charge on any atom is -0.484 e. The van der Waals surface area contributed by atoms with Crippen molar-refractivity contribution < 1.29 is 9.53 Å². The molecule has 3 rings (SSSR count). The first-order valence-electron chi connectivity index (χ1n) is 7.85. The Labute approximate surface area is 135 Å². The number of carbonyl (C=O) groups is 1. The Morgan fingerprint density at radius 2 is 1.91 bits per heavy atom. The molecule has 2 aromatic rings. The normalized spacial score (nSPS) is 15.4. The number of rotatable bonds is 4. The van der Waals surface area contributed by atoms with Crippen LogP contribution in [0.3, 0.4) is 0 Å². The third-order valence-electron chi connectivity index (χ3n) is 3.99. The summed E-state index contributed by atoms with van der Waals surface area (Å²) in [5, 5.41) is 6.44. The summed E-state index contributed by atoms with van der Waals surface area (Å²) >= 11 is 0. The number of benzene rings is 2. The van der Waals surface area contributed by atoms with Crippen molar-refractivity contribution in [2.75, 3.05) is 26.7 Å². The second-order valence-corrected chi connectivity index (χ2v) is 5.81. The average molecular weight is 311 g/mol. The van der Waals surface area contributed by atoms with Crippen LogP contribution in [0.4, 0.5) is 0 Å². The number of amides is 1. The molecule has 0 aliphatic carbocycles. The number of ether oxygens (including phenoxy) is 1. The maximum atomic E-state index is 11.8. The molecule has 1 saturated heterocycles. The number of piperidine rings is 1. The second kappa shape index (κ2) is 7.24. The minimum absolute atomic E-state index is 0.0327. The zero-order valence-corrected chi connectivity index (χ0v) is 13.3. The van der Waals surface area contributed by atoms with Crippen molar-refractivity contribution in [1.29, 1.82) is 0 Å². The first-order valence-corrected chi connectivity index (χ1v) is 7.85. The van der Waals surface area contributed by atoms with Crippen LogP contribution >= 0.6 is 0 Å². The molecule has 2 aromatic carbocycles. The van der Waals surface area contributed by atoms with Crippen molar-refractivity contribution in [2.45, 2.75) is 12.8 Å². The van der Waals surface area contributed by atoms with Gasteiger partial charge in [-0.25, -0.2) is 5.43 Å². The van der Waals surface area contributed by atoms with E-state index in [1.165, 1.54) is 0 Å². The summed E-state index contributed by atoms with van der Waals surface area (Å²) in [4.78, 5) is 14.1. The standard InChI is InChI=1S/C18H21N3O2/c1-21-10-8-16(9-11-21)19-20-18(22)13-23-17-7-6-14-4-2-3-5-15(14)12-17/h2-7,12H,8-11,13H2,1H3,(H,20,22). The zero-order valence-electron chi connectivity index (χ0n) is 13.3. The van der Waals surface area contributed by atoms with Gasteiger partial charge in [-0.05, 0) is 30.0 Å². The van der Waals surface area contributed by atoms with E-state index in [-0.39, 0.29) is 12.5 Å². The Balaban J connectivity index is 1.51. The Bertz CT molecular complexity index is 717. The summed E-state index contributed by atoms with van der Waals surface area (Å²) in [7, 11) is 2.09. The topological polar surface area (TPSA) is 53.9 Å². The minimum atomic E-state index is -0.232. The molecule has 1 N–H and O–H groups in total. The lowest BCUT2D eigenvalue weighted by Gasteiger charge is -2.22. The van der Waals surface area contributed by atoms with E-state index in [9.17, 15) is 4.79 Å². The van der Waals surface area contributed by atoms with Gasteiger partial charge in [0.1, 0.15) is 5.75 Å². The largest absolute Gasteiger partial charge is 0.484 e. The Hall–Kier alpha value is -2.40. The van der Waals surface area contributed by atoms with Crippen LogP contribution < -0.4 is 10.2 Å². The van der Waals surface area contributed by atoms with Crippen molar-refractivity contribution in [3.05, 3.63) is 42.5 Å². The maximum absolute atomic E-state index is 11.8. The quantitative estimate of drug-likeness (QED) is 0.882. The van der Waals surface area contributed by atoms with Crippen LogP contribution in [-0.2, 0) is 4.79 Å². The molecule has 5 heteroatoms. The molecule has 0 aromatic heterocycles. The number of hydrogen-bond donors (Lipinski definition) is 1. The number of likely N-dealkylation sites (tertiary alicyclic amines) is 1. The number of hydrogen-bond acceptors (Lipinski definition) is 4. The van der Waals surface area contributed by atoms with Crippen LogP contribution in [0.25, 0.3) is 10.8 Å². The molecule has 1 aliphatic heterocycles. The number of carbonyl (C=O) groups excluding carboxylic acids is 1. The van der Waals surface area contributed by atoms with Gasteiger partial charge in [-0.15, -0.1) is 0 Å². The number of nitrogens with one attached hydrogen (secondary N) is 1.